The van der Waals surface area contributed by atoms with Gasteiger partial charge in [0.15, 0.2) is 0 Å². The van der Waals surface area contributed by atoms with Crippen LogP contribution in [0.25, 0.3) is 0 Å². The van der Waals surface area contributed by atoms with Crippen LogP contribution in [0.5, 0.6) is 0 Å². The molecule has 2 heterocycles. The van der Waals surface area contributed by atoms with Crippen molar-refractivity contribution in [1.82, 2.24) is 10.3 Å². The van der Waals surface area contributed by atoms with E-state index in [1.807, 2.05) is 12.1 Å². The summed E-state index contributed by atoms with van der Waals surface area (Å²) in [6, 6.07) is 12.3. The number of carbonyl (C=O) groups excluding carboxylic acids is 1. The van der Waals surface area contributed by atoms with Crippen molar-refractivity contribution >= 4 is 11.6 Å². The first kappa shape index (κ1) is 16.5. The number of amides is 1. The molecule has 0 saturated carbocycles. The molecule has 0 aliphatic carbocycles. The van der Waals surface area contributed by atoms with Crippen molar-refractivity contribution < 1.29 is 9.53 Å². The zero-order valence-corrected chi connectivity index (χ0v) is 13.8. The van der Waals surface area contributed by atoms with Crippen LogP contribution in [-0.4, -0.2) is 37.2 Å². The van der Waals surface area contributed by atoms with Crippen molar-refractivity contribution in [3.05, 3.63) is 59.9 Å². The Morgan fingerprint density at radius 3 is 2.46 bits per heavy atom. The number of hydrogen-bond donors (Lipinski definition) is 1. The van der Waals surface area contributed by atoms with E-state index in [9.17, 15) is 4.79 Å². The Labute approximate surface area is 142 Å². The number of rotatable bonds is 6. The van der Waals surface area contributed by atoms with Gasteiger partial charge in [0.2, 0.25) is 5.91 Å². The second-order valence-electron chi connectivity index (χ2n) is 5.90. The molecule has 1 saturated heterocycles. The number of ether oxygens (including phenoxy) is 1. The van der Waals surface area contributed by atoms with Crippen molar-refractivity contribution in [2.24, 2.45) is 0 Å². The van der Waals surface area contributed by atoms with E-state index in [-0.39, 0.29) is 5.91 Å². The van der Waals surface area contributed by atoms with Gasteiger partial charge >= 0.3 is 0 Å². The van der Waals surface area contributed by atoms with E-state index in [0.717, 1.165) is 38.3 Å². The molecule has 1 aliphatic rings. The number of hydrogen-bond acceptors (Lipinski definition) is 4. The lowest BCUT2D eigenvalue weighted by Crippen LogP contribution is -2.36. The zero-order valence-electron chi connectivity index (χ0n) is 13.8. The Kier molecular flexibility index (Phi) is 5.80. The topological polar surface area (TPSA) is 54.5 Å². The predicted octanol–water partition coefficient (Wildman–Crippen LogP) is 2.17. The van der Waals surface area contributed by atoms with E-state index >= 15 is 0 Å². The van der Waals surface area contributed by atoms with Crippen LogP contribution in [0, 0.1) is 0 Å². The summed E-state index contributed by atoms with van der Waals surface area (Å²) in [6.45, 7) is 4.02. The summed E-state index contributed by atoms with van der Waals surface area (Å²) >= 11 is 0. The molecule has 5 heteroatoms. The third kappa shape index (κ3) is 4.80. The molecule has 1 aromatic carbocycles. The van der Waals surface area contributed by atoms with E-state index in [1.54, 1.807) is 12.4 Å². The highest BCUT2D eigenvalue weighted by atomic mass is 16.5. The normalized spacial score (nSPS) is 14.4. The molecule has 0 atom stereocenters. The number of aryl methyl sites for hydroxylation is 1. The fourth-order valence-corrected chi connectivity index (χ4v) is 2.74. The molecule has 1 amide bonds. The molecule has 3 rings (SSSR count). The van der Waals surface area contributed by atoms with Crippen LogP contribution in [0.4, 0.5) is 5.69 Å². The second kappa shape index (κ2) is 8.45. The average Bonchev–Trinajstić information content (AvgIpc) is 2.67. The van der Waals surface area contributed by atoms with Gasteiger partial charge in [-0.25, -0.2) is 0 Å². The van der Waals surface area contributed by atoms with Crippen molar-refractivity contribution in [3.8, 4) is 0 Å². The first-order chi connectivity index (χ1) is 11.8. The lowest BCUT2D eigenvalue weighted by molar-refractivity contribution is -0.121. The molecule has 0 unspecified atom stereocenters. The van der Waals surface area contributed by atoms with Crippen LogP contribution < -0.4 is 10.2 Å². The van der Waals surface area contributed by atoms with Gasteiger partial charge in [0, 0.05) is 44.1 Å². The molecule has 2 aromatic rings. The van der Waals surface area contributed by atoms with Crippen molar-refractivity contribution in [3.63, 3.8) is 0 Å². The second-order valence-corrected chi connectivity index (χ2v) is 5.90. The molecule has 1 aromatic heterocycles. The van der Waals surface area contributed by atoms with Crippen LogP contribution in [-0.2, 0) is 22.5 Å². The Balaban J connectivity index is 1.43. The molecule has 1 aliphatic heterocycles. The highest BCUT2D eigenvalue weighted by Crippen LogP contribution is 2.17. The molecular formula is C19H23N3O2. The minimum absolute atomic E-state index is 0.0732. The zero-order chi connectivity index (χ0) is 16.6. The number of anilines is 1. The third-order valence-corrected chi connectivity index (χ3v) is 4.19. The molecular weight excluding hydrogens is 302 g/mol. The largest absolute Gasteiger partial charge is 0.378 e. The van der Waals surface area contributed by atoms with Gasteiger partial charge in [-0.1, -0.05) is 12.1 Å². The van der Waals surface area contributed by atoms with Gasteiger partial charge < -0.3 is 15.0 Å². The first-order valence-corrected chi connectivity index (χ1v) is 8.38. The smallest absolute Gasteiger partial charge is 0.220 e. The van der Waals surface area contributed by atoms with E-state index in [1.165, 1.54) is 11.3 Å². The molecule has 1 N–H and O–H groups in total. The maximum absolute atomic E-state index is 12.0. The molecule has 0 radical (unpaired) electrons. The third-order valence-electron chi connectivity index (χ3n) is 4.19. The molecule has 5 nitrogen and oxygen atoms in total. The van der Waals surface area contributed by atoms with E-state index in [0.29, 0.717) is 13.0 Å². The summed E-state index contributed by atoms with van der Waals surface area (Å²) in [4.78, 5) is 18.2. The van der Waals surface area contributed by atoms with Gasteiger partial charge in [0.05, 0.1) is 13.2 Å². The van der Waals surface area contributed by atoms with Crippen molar-refractivity contribution in [1.29, 1.82) is 0 Å². The Morgan fingerprint density at radius 1 is 1.04 bits per heavy atom. The van der Waals surface area contributed by atoms with E-state index < -0.39 is 0 Å². The van der Waals surface area contributed by atoms with Gasteiger partial charge in [-0.3, -0.25) is 9.78 Å². The minimum atomic E-state index is 0.0732. The lowest BCUT2D eigenvalue weighted by Gasteiger charge is -2.28. The Morgan fingerprint density at radius 2 is 1.75 bits per heavy atom. The number of nitrogens with zero attached hydrogens (tertiary/aromatic N) is 2. The monoisotopic (exact) mass is 325 g/mol. The van der Waals surface area contributed by atoms with Gasteiger partial charge in [0.25, 0.3) is 0 Å². The predicted molar refractivity (Wildman–Crippen MR) is 93.9 cm³/mol. The van der Waals surface area contributed by atoms with Crippen LogP contribution in [0.15, 0.2) is 48.8 Å². The summed E-state index contributed by atoms with van der Waals surface area (Å²) in [5.74, 6) is 0.0732. The Bertz CT molecular complexity index is 637. The molecule has 0 spiro atoms. The van der Waals surface area contributed by atoms with Crippen LogP contribution in [0.2, 0.25) is 0 Å². The van der Waals surface area contributed by atoms with Gasteiger partial charge in [0.1, 0.15) is 0 Å². The molecule has 0 bridgehead atoms. The van der Waals surface area contributed by atoms with Crippen LogP contribution >= 0.6 is 0 Å². The Hall–Kier alpha value is -2.40. The van der Waals surface area contributed by atoms with Crippen LogP contribution in [0.3, 0.4) is 0 Å². The number of nitrogens with one attached hydrogen (secondary N) is 1. The van der Waals surface area contributed by atoms with Gasteiger partial charge in [-0.2, -0.15) is 0 Å². The summed E-state index contributed by atoms with van der Waals surface area (Å²) in [5.41, 5.74) is 3.48. The average molecular weight is 325 g/mol. The number of pyridine rings is 1. The van der Waals surface area contributed by atoms with Crippen molar-refractivity contribution in [2.45, 2.75) is 19.4 Å². The fourth-order valence-electron chi connectivity index (χ4n) is 2.74. The standard InChI is InChI=1S/C19H23N3O2/c23-19(21-15-17-7-9-20-10-8-17)6-3-16-1-4-18(5-2-16)22-11-13-24-14-12-22/h1-2,4-5,7-10H,3,6,11-15H2,(H,21,23). The molecule has 24 heavy (non-hydrogen) atoms. The molecule has 1 fully saturated rings. The maximum atomic E-state index is 12.0. The highest BCUT2D eigenvalue weighted by molar-refractivity contribution is 5.76. The molecule has 126 valence electrons. The van der Waals surface area contributed by atoms with E-state index in [4.69, 9.17) is 4.74 Å². The number of benzene rings is 1. The van der Waals surface area contributed by atoms with Gasteiger partial charge in [-0.15, -0.1) is 0 Å². The fraction of sp³-hybridized carbons (Fsp3) is 0.368. The number of morpholine rings is 1. The van der Waals surface area contributed by atoms with Crippen LogP contribution in [0.1, 0.15) is 17.5 Å². The summed E-state index contributed by atoms with van der Waals surface area (Å²) in [5, 5.41) is 2.94. The summed E-state index contributed by atoms with van der Waals surface area (Å²) in [7, 11) is 0. The number of carbonyl (C=O) groups is 1. The number of aromatic nitrogens is 1. The highest BCUT2D eigenvalue weighted by Gasteiger charge is 2.11. The maximum Gasteiger partial charge on any atom is 0.220 e. The first-order valence-electron chi connectivity index (χ1n) is 8.38. The van der Waals surface area contributed by atoms with Gasteiger partial charge in [-0.05, 0) is 41.8 Å². The quantitative estimate of drug-likeness (QED) is 0.884. The summed E-state index contributed by atoms with van der Waals surface area (Å²) < 4.78 is 5.38. The SMILES string of the molecule is O=C(CCc1ccc(N2CCOCC2)cc1)NCc1ccncc1. The van der Waals surface area contributed by atoms with Crippen molar-refractivity contribution in [2.75, 3.05) is 31.2 Å². The minimum Gasteiger partial charge on any atom is -0.378 e. The van der Waals surface area contributed by atoms with E-state index in [2.05, 4.69) is 39.5 Å². The summed E-state index contributed by atoms with van der Waals surface area (Å²) in [6.07, 6.45) is 4.72. The lowest BCUT2D eigenvalue weighted by atomic mass is 10.1.